The number of hydrogen-bond acceptors (Lipinski definition) is 5. The molecular formula is C15H15N3O4. The van der Waals surface area contributed by atoms with Gasteiger partial charge in [-0.05, 0) is 19.4 Å². The number of rotatable bonds is 4. The Morgan fingerprint density at radius 2 is 2.05 bits per heavy atom. The molecule has 1 aromatic rings. The Kier molecular flexibility index (Phi) is 4.13. The van der Waals surface area contributed by atoms with E-state index in [1.165, 1.54) is 6.92 Å². The number of imide groups is 1. The van der Waals surface area contributed by atoms with Crippen molar-refractivity contribution in [2.75, 3.05) is 6.54 Å². The van der Waals surface area contributed by atoms with Gasteiger partial charge in [-0.3, -0.25) is 14.5 Å². The maximum absolute atomic E-state index is 12.5. The van der Waals surface area contributed by atoms with Crippen LogP contribution in [-0.4, -0.2) is 35.5 Å². The normalized spacial score (nSPS) is 22.0. The van der Waals surface area contributed by atoms with E-state index in [0.717, 1.165) is 4.90 Å². The first-order valence-corrected chi connectivity index (χ1v) is 6.67. The number of benzene rings is 1. The molecule has 0 bridgehead atoms. The molecule has 0 aromatic heterocycles. The first-order valence-electron chi connectivity index (χ1n) is 6.67. The minimum atomic E-state index is -1.22. The van der Waals surface area contributed by atoms with Crippen molar-refractivity contribution >= 4 is 17.9 Å². The lowest BCUT2D eigenvalue weighted by molar-refractivity contribution is -0.149. The van der Waals surface area contributed by atoms with Crippen molar-refractivity contribution in [2.24, 2.45) is 0 Å². The van der Waals surface area contributed by atoms with Crippen molar-refractivity contribution in [3.8, 4) is 6.07 Å². The molecule has 3 amide bonds. The average Bonchev–Trinajstić information content (AvgIpc) is 2.72. The quantitative estimate of drug-likeness (QED) is 0.658. The molecule has 1 heterocycles. The van der Waals surface area contributed by atoms with Crippen molar-refractivity contribution in [2.45, 2.75) is 25.5 Å². The highest BCUT2D eigenvalue weighted by Gasteiger charge is 2.49. The Morgan fingerprint density at radius 3 is 2.64 bits per heavy atom. The maximum Gasteiger partial charge on any atom is 0.327 e. The van der Waals surface area contributed by atoms with E-state index < -0.39 is 36.1 Å². The second kappa shape index (κ2) is 5.85. The largest absolute Gasteiger partial charge is 0.446 e. The number of nitrogens with one attached hydrogen (secondary N) is 1. The van der Waals surface area contributed by atoms with E-state index in [1.54, 1.807) is 43.3 Å². The molecule has 1 saturated heterocycles. The molecule has 1 N–H and O–H groups in total. The molecule has 1 aromatic carbocycles. The predicted molar refractivity (Wildman–Crippen MR) is 75.2 cm³/mol. The average molecular weight is 301 g/mol. The van der Waals surface area contributed by atoms with Gasteiger partial charge in [0.2, 0.25) is 0 Å². The van der Waals surface area contributed by atoms with E-state index in [9.17, 15) is 14.4 Å². The van der Waals surface area contributed by atoms with Crippen molar-refractivity contribution in [1.29, 1.82) is 5.26 Å². The molecule has 2 atom stereocenters. The minimum Gasteiger partial charge on any atom is -0.446 e. The Hall–Kier alpha value is -2.88. The topological polar surface area (TPSA) is 99.5 Å². The van der Waals surface area contributed by atoms with Gasteiger partial charge in [0, 0.05) is 0 Å². The van der Waals surface area contributed by atoms with E-state index in [2.05, 4.69) is 5.32 Å². The molecule has 0 saturated carbocycles. The second-order valence-electron chi connectivity index (χ2n) is 5.07. The van der Waals surface area contributed by atoms with Crippen molar-refractivity contribution in [1.82, 2.24) is 10.2 Å². The summed E-state index contributed by atoms with van der Waals surface area (Å²) >= 11 is 0. The molecule has 0 spiro atoms. The smallest absolute Gasteiger partial charge is 0.327 e. The summed E-state index contributed by atoms with van der Waals surface area (Å²) in [5.74, 6) is -1.35. The lowest BCUT2D eigenvalue weighted by Gasteiger charge is -2.22. The van der Waals surface area contributed by atoms with Gasteiger partial charge in [-0.1, -0.05) is 30.3 Å². The van der Waals surface area contributed by atoms with Crippen LogP contribution in [0.25, 0.3) is 0 Å². The highest BCUT2D eigenvalue weighted by molar-refractivity contribution is 6.08. The summed E-state index contributed by atoms with van der Waals surface area (Å²) in [5, 5.41) is 11.2. The van der Waals surface area contributed by atoms with E-state index in [1.807, 2.05) is 0 Å². The van der Waals surface area contributed by atoms with Gasteiger partial charge in [0.15, 0.2) is 6.10 Å². The molecular weight excluding hydrogens is 286 g/mol. The van der Waals surface area contributed by atoms with Crippen LogP contribution in [0.2, 0.25) is 0 Å². The lowest BCUT2D eigenvalue weighted by Crippen LogP contribution is -2.41. The van der Waals surface area contributed by atoms with Gasteiger partial charge in [0.1, 0.15) is 18.2 Å². The second-order valence-corrected chi connectivity index (χ2v) is 5.07. The molecule has 0 unspecified atom stereocenters. The molecule has 1 aliphatic rings. The number of nitriles is 1. The first-order chi connectivity index (χ1) is 10.4. The van der Waals surface area contributed by atoms with E-state index in [4.69, 9.17) is 10.00 Å². The fourth-order valence-electron chi connectivity index (χ4n) is 2.20. The summed E-state index contributed by atoms with van der Waals surface area (Å²) in [7, 11) is 0. The molecule has 1 fully saturated rings. The van der Waals surface area contributed by atoms with Gasteiger partial charge in [0.25, 0.3) is 5.91 Å². The number of carbonyl (C=O) groups is 3. The van der Waals surface area contributed by atoms with Crippen LogP contribution in [0.5, 0.6) is 0 Å². The van der Waals surface area contributed by atoms with Crippen LogP contribution in [0.3, 0.4) is 0 Å². The van der Waals surface area contributed by atoms with Crippen LogP contribution in [-0.2, 0) is 19.9 Å². The van der Waals surface area contributed by atoms with Crippen LogP contribution in [0, 0.1) is 11.3 Å². The van der Waals surface area contributed by atoms with Gasteiger partial charge < -0.3 is 10.1 Å². The Balaban J connectivity index is 2.16. The zero-order valence-electron chi connectivity index (χ0n) is 12.2. The molecule has 0 aliphatic carbocycles. The molecule has 7 nitrogen and oxygen atoms in total. The number of esters is 1. The SMILES string of the molecule is C[C@@H](C#N)OC(=O)CN1C(=O)N[C@@](C)(c2ccccc2)C1=O. The molecule has 114 valence electrons. The Bertz CT molecular complexity index is 653. The van der Waals surface area contributed by atoms with Crippen LogP contribution in [0.4, 0.5) is 4.79 Å². The molecule has 22 heavy (non-hydrogen) atoms. The number of urea groups is 1. The lowest BCUT2D eigenvalue weighted by atomic mass is 9.92. The van der Waals surface area contributed by atoms with E-state index in [0.29, 0.717) is 5.56 Å². The predicted octanol–water partition coefficient (Wildman–Crippen LogP) is 0.909. The Labute approximate surface area is 127 Å². The van der Waals surface area contributed by atoms with Gasteiger partial charge >= 0.3 is 12.0 Å². The van der Waals surface area contributed by atoms with E-state index >= 15 is 0 Å². The summed E-state index contributed by atoms with van der Waals surface area (Å²) < 4.78 is 4.76. The molecule has 2 rings (SSSR count). The highest BCUT2D eigenvalue weighted by atomic mass is 16.5. The number of amides is 3. The van der Waals surface area contributed by atoms with Crippen LogP contribution < -0.4 is 5.32 Å². The van der Waals surface area contributed by atoms with Gasteiger partial charge in [-0.25, -0.2) is 4.79 Å². The van der Waals surface area contributed by atoms with E-state index in [-0.39, 0.29) is 0 Å². The summed E-state index contributed by atoms with van der Waals surface area (Å²) in [6.07, 6.45) is -0.936. The van der Waals surface area contributed by atoms with Crippen LogP contribution in [0.15, 0.2) is 30.3 Å². The monoisotopic (exact) mass is 301 g/mol. The first kappa shape index (κ1) is 15.5. The fourth-order valence-corrected chi connectivity index (χ4v) is 2.20. The van der Waals surface area contributed by atoms with Gasteiger partial charge in [0.05, 0.1) is 0 Å². The summed E-state index contributed by atoms with van der Waals surface area (Å²) in [6, 6.07) is 9.82. The molecule has 1 aliphatic heterocycles. The maximum atomic E-state index is 12.5. The van der Waals surface area contributed by atoms with Crippen LogP contribution >= 0.6 is 0 Å². The third-order valence-corrected chi connectivity index (χ3v) is 3.40. The molecule has 7 heteroatoms. The fraction of sp³-hybridized carbons (Fsp3) is 0.333. The zero-order chi connectivity index (χ0) is 16.3. The standard InChI is InChI=1S/C15H15N3O4/c1-10(8-16)22-12(19)9-18-13(20)15(2,17-14(18)21)11-6-4-3-5-7-11/h3-7,10H,9H2,1-2H3,(H,17,21)/t10-,15-/m0/s1. The summed E-state index contributed by atoms with van der Waals surface area (Å²) in [6.45, 7) is 2.45. The van der Waals surface area contributed by atoms with Gasteiger partial charge in [-0.15, -0.1) is 0 Å². The Morgan fingerprint density at radius 1 is 1.41 bits per heavy atom. The number of nitrogens with zero attached hydrogens (tertiary/aromatic N) is 2. The van der Waals surface area contributed by atoms with Crippen molar-refractivity contribution in [3.63, 3.8) is 0 Å². The van der Waals surface area contributed by atoms with Crippen molar-refractivity contribution < 1.29 is 19.1 Å². The third-order valence-electron chi connectivity index (χ3n) is 3.40. The van der Waals surface area contributed by atoms with Crippen molar-refractivity contribution in [3.05, 3.63) is 35.9 Å². The molecule has 0 radical (unpaired) electrons. The number of carbonyl (C=O) groups excluding carboxylic acids is 3. The number of ether oxygens (including phenoxy) is 1. The number of hydrogen-bond donors (Lipinski definition) is 1. The van der Waals surface area contributed by atoms with Gasteiger partial charge in [-0.2, -0.15) is 5.26 Å². The highest BCUT2D eigenvalue weighted by Crippen LogP contribution is 2.28. The third kappa shape index (κ3) is 2.76. The summed E-state index contributed by atoms with van der Waals surface area (Å²) in [5.41, 5.74) is -0.603. The zero-order valence-corrected chi connectivity index (χ0v) is 12.2. The summed E-state index contributed by atoms with van der Waals surface area (Å²) in [4.78, 5) is 36.9. The van der Waals surface area contributed by atoms with Crippen LogP contribution in [0.1, 0.15) is 19.4 Å². The minimum absolute atomic E-state index is 0.529.